The average Bonchev–Trinajstić information content (AvgIpc) is 2.30. The number of nitrogens with zero attached hydrogens (tertiary/aromatic N) is 1. The molecule has 68 valence electrons. The molecule has 1 aromatic heterocycles. The van der Waals surface area contributed by atoms with Crippen molar-refractivity contribution in [3.05, 3.63) is 17.0 Å². The number of aliphatic hydroxyl groups is 1. The van der Waals surface area contributed by atoms with Crippen LogP contribution in [0.4, 0.5) is 0 Å². The van der Waals surface area contributed by atoms with Crippen LogP contribution in [0.1, 0.15) is 30.0 Å². The third-order valence-electron chi connectivity index (χ3n) is 1.88. The van der Waals surface area contributed by atoms with Gasteiger partial charge in [0.25, 0.3) is 0 Å². The van der Waals surface area contributed by atoms with Crippen molar-refractivity contribution in [1.29, 1.82) is 0 Å². The molecular formula is C8H14N2O2. The SMILES string of the molecule is Cc1noc(C)c1[C@@H](O)[C@H](C)N. The highest BCUT2D eigenvalue weighted by atomic mass is 16.5. The van der Waals surface area contributed by atoms with Crippen molar-refractivity contribution in [3.8, 4) is 0 Å². The lowest BCUT2D eigenvalue weighted by Gasteiger charge is -2.13. The van der Waals surface area contributed by atoms with Gasteiger partial charge in [-0.3, -0.25) is 0 Å². The van der Waals surface area contributed by atoms with Gasteiger partial charge in [0.1, 0.15) is 5.76 Å². The Balaban J connectivity index is 3.00. The molecule has 3 N–H and O–H groups in total. The Morgan fingerprint density at radius 1 is 1.50 bits per heavy atom. The fourth-order valence-corrected chi connectivity index (χ4v) is 1.18. The van der Waals surface area contributed by atoms with Crippen LogP contribution in [0.15, 0.2) is 4.52 Å². The Hall–Kier alpha value is -0.870. The Morgan fingerprint density at radius 2 is 2.08 bits per heavy atom. The Morgan fingerprint density at radius 3 is 2.42 bits per heavy atom. The Labute approximate surface area is 71.4 Å². The highest BCUT2D eigenvalue weighted by Gasteiger charge is 2.20. The summed E-state index contributed by atoms with van der Waals surface area (Å²) in [6, 6.07) is -0.304. The van der Waals surface area contributed by atoms with Crippen LogP contribution in [0.3, 0.4) is 0 Å². The molecule has 0 radical (unpaired) electrons. The van der Waals surface area contributed by atoms with Gasteiger partial charge in [-0.15, -0.1) is 0 Å². The summed E-state index contributed by atoms with van der Waals surface area (Å²) in [7, 11) is 0. The minimum absolute atomic E-state index is 0.304. The zero-order valence-electron chi connectivity index (χ0n) is 7.53. The third-order valence-corrected chi connectivity index (χ3v) is 1.88. The molecule has 0 fully saturated rings. The van der Waals surface area contributed by atoms with Gasteiger partial charge in [-0.25, -0.2) is 0 Å². The molecule has 0 aliphatic rings. The van der Waals surface area contributed by atoms with Crippen molar-refractivity contribution < 1.29 is 9.63 Å². The molecule has 0 saturated carbocycles. The molecule has 0 bridgehead atoms. The minimum atomic E-state index is -0.684. The third kappa shape index (κ3) is 1.49. The van der Waals surface area contributed by atoms with Crippen molar-refractivity contribution in [2.75, 3.05) is 0 Å². The maximum atomic E-state index is 9.62. The predicted octanol–water partition coefficient (Wildman–Crippen LogP) is 0.672. The van der Waals surface area contributed by atoms with Crippen LogP contribution in [0.25, 0.3) is 0 Å². The van der Waals surface area contributed by atoms with Crippen LogP contribution in [0.2, 0.25) is 0 Å². The summed E-state index contributed by atoms with van der Waals surface area (Å²) < 4.78 is 4.90. The molecule has 4 nitrogen and oxygen atoms in total. The number of hydrogen-bond donors (Lipinski definition) is 2. The van der Waals surface area contributed by atoms with Crippen LogP contribution in [0.5, 0.6) is 0 Å². The fourth-order valence-electron chi connectivity index (χ4n) is 1.18. The summed E-state index contributed by atoms with van der Waals surface area (Å²) in [6.07, 6.45) is -0.684. The molecule has 0 unspecified atom stereocenters. The summed E-state index contributed by atoms with van der Waals surface area (Å²) in [5.74, 6) is 0.636. The van der Waals surface area contributed by atoms with Gasteiger partial charge in [0.15, 0.2) is 0 Å². The van der Waals surface area contributed by atoms with E-state index in [0.717, 1.165) is 0 Å². The molecule has 4 heteroatoms. The molecule has 0 amide bonds. The summed E-state index contributed by atoms with van der Waals surface area (Å²) in [5, 5.41) is 13.4. The first kappa shape index (κ1) is 9.22. The molecule has 0 spiro atoms. The van der Waals surface area contributed by atoms with Gasteiger partial charge in [0.05, 0.1) is 11.8 Å². The molecule has 1 aromatic rings. The standard InChI is InChI=1S/C8H14N2O2/c1-4(9)8(11)7-5(2)10-12-6(7)3/h4,8,11H,9H2,1-3H3/t4-,8-/m0/s1. The quantitative estimate of drug-likeness (QED) is 0.684. The summed E-state index contributed by atoms with van der Waals surface area (Å²) in [4.78, 5) is 0. The van der Waals surface area contributed by atoms with Gasteiger partial charge in [-0.2, -0.15) is 0 Å². The number of aryl methyl sites for hydroxylation is 2. The topological polar surface area (TPSA) is 72.3 Å². The summed E-state index contributed by atoms with van der Waals surface area (Å²) >= 11 is 0. The van der Waals surface area contributed by atoms with Crippen LogP contribution in [-0.4, -0.2) is 16.3 Å². The lowest BCUT2D eigenvalue weighted by Crippen LogP contribution is -2.25. The van der Waals surface area contributed by atoms with E-state index in [1.807, 2.05) is 0 Å². The van der Waals surface area contributed by atoms with Gasteiger partial charge in [0.2, 0.25) is 0 Å². The Bertz CT molecular complexity index is 249. The van der Waals surface area contributed by atoms with E-state index in [4.69, 9.17) is 10.3 Å². The normalized spacial score (nSPS) is 16.1. The largest absolute Gasteiger partial charge is 0.387 e. The monoisotopic (exact) mass is 170 g/mol. The van der Waals surface area contributed by atoms with Gasteiger partial charge in [-0.05, 0) is 20.8 Å². The second-order valence-corrected chi connectivity index (χ2v) is 3.04. The van der Waals surface area contributed by atoms with E-state index in [1.54, 1.807) is 20.8 Å². The summed E-state index contributed by atoms with van der Waals surface area (Å²) in [5.41, 5.74) is 6.96. The summed E-state index contributed by atoms with van der Waals surface area (Å²) in [6.45, 7) is 5.30. The van der Waals surface area contributed by atoms with E-state index < -0.39 is 6.10 Å². The lowest BCUT2D eigenvalue weighted by atomic mass is 10.0. The van der Waals surface area contributed by atoms with Crippen LogP contribution >= 0.6 is 0 Å². The van der Waals surface area contributed by atoms with Crippen molar-refractivity contribution in [2.24, 2.45) is 5.73 Å². The van der Waals surface area contributed by atoms with E-state index in [2.05, 4.69) is 5.16 Å². The molecule has 0 aliphatic carbocycles. The molecule has 1 heterocycles. The maximum absolute atomic E-state index is 9.62. The van der Waals surface area contributed by atoms with Crippen LogP contribution in [0, 0.1) is 13.8 Å². The number of aromatic nitrogens is 1. The first-order valence-electron chi connectivity index (χ1n) is 3.90. The number of nitrogens with two attached hydrogens (primary N) is 1. The van der Waals surface area contributed by atoms with Crippen molar-refractivity contribution >= 4 is 0 Å². The maximum Gasteiger partial charge on any atom is 0.139 e. The first-order valence-corrected chi connectivity index (χ1v) is 3.90. The molecule has 0 aliphatic heterocycles. The van der Waals surface area contributed by atoms with E-state index >= 15 is 0 Å². The van der Waals surface area contributed by atoms with E-state index in [9.17, 15) is 5.11 Å². The number of rotatable bonds is 2. The predicted molar refractivity (Wildman–Crippen MR) is 44.6 cm³/mol. The number of aliphatic hydroxyl groups excluding tert-OH is 1. The molecule has 12 heavy (non-hydrogen) atoms. The van der Waals surface area contributed by atoms with Crippen LogP contribution in [-0.2, 0) is 0 Å². The van der Waals surface area contributed by atoms with Gasteiger partial charge in [0, 0.05) is 11.6 Å². The molecule has 2 atom stereocenters. The number of hydrogen-bond acceptors (Lipinski definition) is 4. The zero-order chi connectivity index (χ0) is 9.30. The average molecular weight is 170 g/mol. The van der Waals surface area contributed by atoms with Gasteiger partial charge < -0.3 is 15.4 Å². The fraction of sp³-hybridized carbons (Fsp3) is 0.625. The van der Waals surface area contributed by atoms with Crippen LogP contribution < -0.4 is 5.73 Å². The van der Waals surface area contributed by atoms with Crippen molar-refractivity contribution in [3.63, 3.8) is 0 Å². The molecular weight excluding hydrogens is 156 g/mol. The van der Waals surface area contributed by atoms with E-state index in [-0.39, 0.29) is 6.04 Å². The Kier molecular flexibility index (Phi) is 2.49. The van der Waals surface area contributed by atoms with Crippen molar-refractivity contribution in [1.82, 2.24) is 5.16 Å². The highest BCUT2D eigenvalue weighted by molar-refractivity contribution is 5.24. The zero-order valence-corrected chi connectivity index (χ0v) is 7.53. The first-order chi connectivity index (χ1) is 5.54. The van der Waals surface area contributed by atoms with Gasteiger partial charge in [-0.1, -0.05) is 5.16 Å². The lowest BCUT2D eigenvalue weighted by molar-refractivity contribution is 0.151. The molecule has 0 saturated heterocycles. The van der Waals surface area contributed by atoms with Gasteiger partial charge >= 0.3 is 0 Å². The second kappa shape index (κ2) is 3.25. The van der Waals surface area contributed by atoms with E-state index in [1.165, 1.54) is 0 Å². The van der Waals surface area contributed by atoms with Crippen molar-refractivity contribution in [2.45, 2.75) is 32.9 Å². The molecule has 1 rings (SSSR count). The minimum Gasteiger partial charge on any atom is -0.387 e. The second-order valence-electron chi connectivity index (χ2n) is 3.04. The molecule has 0 aromatic carbocycles. The van der Waals surface area contributed by atoms with E-state index in [0.29, 0.717) is 17.0 Å². The highest BCUT2D eigenvalue weighted by Crippen LogP contribution is 2.22. The smallest absolute Gasteiger partial charge is 0.139 e.